The lowest BCUT2D eigenvalue weighted by Crippen LogP contribution is -2.10. The molecule has 0 radical (unpaired) electrons. The third kappa shape index (κ3) is 2.56. The molecule has 0 spiro atoms. The minimum absolute atomic E-state index is 0.367. The third-order valence-corrected chi connectivity index (χ3v) is 4.22. The van der Waals surface area contributed by atoms with Crippen LogP contribution in [0.15, 0.2) is 24.4 Å². The van der Waals surface area contributed by atoms with Gasteiger partial charge in [-0.05, 0) is 39.4 Å². The van der Waals surface area contributed by atoms with Crippen LogP contribution >= 0.6 is 11.3 Å². The zero-order valence-corrected chi connectivity index (χ0v) is 11.6. The molecule has 1 N–H and O–H groups in total. The monoisotopic (exact) mass is 246 g/mol. The summed E-state index contributed by atoms with van der Waals surface area (Å²) in [6.45, 7) is 6.41. The molecular formula is C14H18N2S. The molecule has 1 aromatic carbocycles. The summed E-state index contributed by atoms with van der Waals surface area (Å²) in [7, 11) is 1.97. The summed E-state index contributed by atoms with van der Waals surface area (Å²) in [6, 6.07) is 6.88. The molecule has 0 saturated heterocycles. The molecule has 17 heavy (non-hydrogen) atoms. The lowest BCUT2D eigenvalue weighted by molar-refractivity contribution is 0.662. The van der Waals surface area contributed by atoms with Crippen molar-refractivity contribution in [2.45, 2.75) is 26.8 Å². The summed E-state index contributed by atoms with van der Waals surface area (Å²) >= 11 is 1.77. The van der Waals surface area contributed by atoms with Crippen LogP contribution in [0, 0.1) is 13.8 Å². The van der Waals surface area contributed by atoms with Gasteiger partial charge < -0.3 is 5.32 Å². The molecule has 2 rings (SSSR count). The van der Waals surface area contributed by atoms with Crippen molar-refractivity contribution in [1.29, 1.82) is 0 Å². The molecule has 0 amide bonds. The second-order valence-electron chi connectivity index (χ2n) is 4.40. The molecule has 0 aliphatic rings. The van der Waals surface area contributed by atoms with E-state index in [1.807, 2.05) is 13.2 Å². The van der Waals surface area contributed by atoms with Gasteiger partial charge in [-0.3, -0.25) is 0 Å². The average Bonchev–Trinajstić information content (AvgIpc) is 2.80. The highest BCUT2D eigenvalue weighted by Crippen LogP contribution is 2.31. The maximum atomic E-state index is 4.54. The Bertz CT molecular complexity index is 517. The number of hydrogen-bond donors (Lipinski definition) is 1. The van der Waals surface area contributed by atoms with Crippen LogP contribution in [0.25, 0.3) is 10.6 Å². The van der Waals surface area contributed by atoms with E-state index in [1.165, 1.54) is 21.6 Å². The van der Waals surface area contributed by atoms with Crippen LogP contribution in [-0.4, -0.2) is 12.0 Å². The number of hydrogen-bond acceptors (Lipinski definition) is 3. The molecule has 0 bridgehead atoms. The molecule has 90 valence electrons. The highest BCUT2D eigenvalue weighted by Gasteiger charge is 2.10. The van der Waals surface area contributed by atoms with Gasteiger partial charge in [0.1, 0.15) is 5.01 Å². The first-order chi connectivity index (χ1) is 8.11. The Morgan fingerprint density at radius 3 is 2.76 bits per heavy atom. The van der Waals surface area contributed by atoms with Crippen LogP contribution < -0.4 is 5.32 Å². The van der Waals surface area contributed by atoms with Gasteiger partial charge >= 0.3 is 0 Å². The normalized spacial score (nSPS) is 12.7. The summed E-state index contributed by atoms with van der Waals surface area (Å²) in [6.07, 6.45) is 1.98. The largest absolute Gasteiger partial charge is 0.312 e. The van der Waals surface area contributed by atoms with E-state index >= 15 is 0 Å². The predicted molar refractivity (Wildman–Crippen MR) is 74.5 cm³/mol. The van der Waals surface area contributed by atoms with E-state index in [2.05, 4.69) is 49.3 Å². The van der Waals surface area contributed by atoms with E-state index in [0.717, 1.165) is 5.01 Å². The number of nitrogens with zero attached hydrogens (tertiary/aromatic N) is 1. The number of rotatable bonds is 3. The second-order valence-corrected chi connectivity index (χ2v) is 5.46. The topological polar surface area (TPSA) is 24.9 Å². The second kappa shape index (κ2) is 4.98. The van der Waals surface area contributed by atoms with E-state index in [9.17, 15) is 0 Å². The van der Waals surface area contributed by atoms with Crippen molar-refractivity contribution in [3.63, 3.8) is 0 Å². The molecule has 2 nitrogen and oxygen atoms in total. The maximum Gasteiger partial charge on any atom is 0.123 e. The van der Waals surface area contributed by atoms with Gasteiger partial charge in [0.2, 0.25) is 0 Å². The Labute approximate surface area is 107 Å². The van der Waals surface area contributed by atoms with Gasteiger partial charge in [-0.2, -0.15) is 0 Å². The Morgan fingerprint density at radius 1 is 1.29 bits per heavy atom. The molecule has 0 fully saturated rings. The number of benzene rings is 1. The van der Waals surface area contributed by atoms with Gasteiger partial charge in [0.05, 0.1) is 0 Å². The van der Waals surface area contributed by atoms with Gasteiger partial charge in [-0.1, -0.05) is 17.7 Å². The van der Waals surface area contributed by atoms with Crippen LogP contribution in [0.1, 0.15) is 29.0 Å². The first-order valence-corrected chi connectivity index (χ1v) is 6.64. The summed E-state index contributed by atoms with van der Waals surface area (Å²) in [4.78, 5) is 5.82. The minimum atomic E-state index is 0.367. The van der Waals surface area contributed by atoms with Gasteiger partial charge in [0.25, 0.3) is 0 Å². The standard InChI is InChI=1S/C14H18N2S/c1-9-5-6-10(2)12(7-9)14-16-8-13(17-14)11(3)15-4/h5-8,11,15H,1-4H3. The third-order valence-electron chi connectivity index (χ3n) is 3.01. The van der Waals surface area contributed by atoms with Crippen LogP contribution in [0.3, 0.4) is 0 Å². The molecule has 1 atom stereocenters. The zero-order chi connectivity index (χ0) is 12.4. The van der Waals surface area contributed by atoms with Gasteiger partial charge in [0.15, 0.2) is 0 Å². The molecule has 0 saturated carbocycles. The van der Waals surface area contributed by atoms with E-state index in [4.69, 9.17) is 0 Å². The Morgan fingerprint density at radius 2 is 2.06 bits per heavy atom. The van der Waals surface area contributed by atoms with Crippen LogP contribution in [-0.2, 0) is 0 Å². The molecule has 0 aliphatic carbocycles. The molecule has 2 aromatic rings. The molecular weight excluding hydrogens is 228 g/mol. The number of aromatic nitrogens is 1. The minimum Gasteiger partial charge on any atom is -0.312 e. The Hall–Kier alpha value is -1.19. The molecule has 0 aliphatic heterocycles. The smallest absolute Gasteiger partial charge is 0.123 e. The van der Waals surface area contributed by atoms with E-state index < -0.39 is 0 Å². The highest BCUT2D eigenvalue weighted by atomic mass is 32.1. The highest BCUT2D eigenvalue weighted by molar-refractivity contribution is 7.15. The fourth-order valence-corrected chi connectivity index (χ4v) is 2.78. The van der Waals surface area contributed by atoms with Gasteiger partial charge in [-0.25, -0.2) is 4.98 Å². The van der Waals surface area contributed by atoms with Crippen molar-refractivity contribution in [1.82, 2.24) is 10.3 Å². The zero-order valence-electron chi connectivity index (χ0n) is 10.7. The van der Waals surface area contributed by atoms with Gasteiger partial charge in [-0.15, -0.1) is 11.3 Å². The fraction of sp³-hybridized carbons (Fsp3) is 0.357. The Kier molecular flexibility index (Phi) is 3.60. The Balaban J connectivity index is 2.40. The van der Waals surface area contributed by atoms with Crippen molar-refractivity contribution < 1.29 is 0 Å². The van der Waals surface area contributed by atoms with Crippen molar-refractivity contribution in [2.75, 3.05) is 7.05 Å². The molecule has 1 heterocycles. The summed E-state index contributed by atoms with van der Waals surface area (Å²) in [5, 5.41) is 4.36. The van der Waals surface area contributed by atoms with E-state index in [-0.39, 0.29) is 0 Å². The van der Waals surface area contributed by atoms with E-state index in [0.29, 0.717) is 6.04 Å². The fourth-order valence-electron chi connectivity index (χ4n) is 1.72. The summed E-state index contributed by atoms with van der Waals surface area (Å²) < 4.78 is 0. The molecule has 1 unspecified atom stereocenters. The quantitative estimate of drug-likeness (QED) is 0.893. The first-order valence-electron chi connectivity index (χ1n) is 5.82. The summed E-state index contributed by atoms with van der Waals surface area (Å²) in [5.41, 5.74) is 3.82. The van der Waals surface area contributed by atoms with Crippen molar-refractivity contribution in [2.24, 2.45) is 0 Å². The number of nitrogens with one attached hydrogen (secondary N) is 1. The predicted octanol–water partition coefficient (Wildman–Crippen LogP) is 3.71. The molecule has 1 aromatic heterocycles. The van der Waals surface area contributed by atoms with Crippen molar-refractivity contribution in [3.8, 4) is 10.6 Å². The lowest BCUT2D eigenvalue weighted by Gasteiger charge is -2.05. The SMILES string of the molecule is CNC(C)c1cnc(-c2cc(C)ccc2C)s1. The van der Waals surface area contributed by atoms with Crippen molar-refractivity contribution >= 4 is 11.3 Å². The molecule has 3 heteroatoms. The first kappa shape index (κ1) is 12.3. The maximum absolute atomic E-state index is 4.54. The van der Waals surface area contributed by atoms with E-state index in [1.54, 1.807) is 11.3 Å². The summed E-state index contributed by atoms with van der Waals surface area (Å²) in [5.74, 6) is 0. The van der Waals surface area contributed by atoms with Gasteiger partial charge in [0, 0.05) is 22.7 Å². The number of thiazole rings is 1. The van der Waals surface area contributed by atoms with Crippen LogP contribution in [0.4, 0.5) is 0 Å². The van der Waals surface area contributed by atoms with Crippen LogP contribution in [0.2, 0.25) is 0 Å². The average molecular weight is 246 g/mol. The lowest BCUT2D eigenvalue weighted by atomic mass is 10.1. The van der Waals surface area contributed by atoms with Crippen molar-refractivity contribution in [3.05, 3.63) is 40.4 Å². The van der Waals surface area contributed by atoms with Crippen LogP contribution in [0.5, 0.6) is 0 Å². The number of aryl methyl sites for hydroxylation is 2.